The second kappa shape index (κ2) is 8.16. The molecule has 4 N–H and O–H groups in total. The first-order valence-corrected chi connectivity index (χ1v) is 11.0. The van der Waals surface area contributed by atoms with E-state index in [1.807, 2.05) is 26.8 Å². The third kappa shape index (κ3) is 5.51. The molecule has 1 aromatic rings. The summed E-state index contributed by atoms with van der Waals surface area (Å²) in [6, 6.07) is 3.39. The largest absolute Gasteiger partial charge is 0.355 e. The lowest BCUT2D eigenvalue weighted by molar-refractivity contribution is -0.128. The number of rotatable bonds is 7. The fraction of sp³-hybridized carbons (Fsp3) is 0.706. The van der Waals surface area contributed by atoms with E-state index in [9.17, 15) is 13.2 Å². The van der Waals surface area contributed by atoms with Crippen molar-refractivity contribution < 1.29 is 13.2 Å². The van der Waals surface area contributed by atoms with E-state index in [4.69, 9.17) is 5.73 Å². The summed E-state index contributed by atoms with van der Waals surface area (Å²) in [5, 5.41) is 2.88. The lowest BCUT2D eigenvalue weighted by Crippen LogP contribution is -2.39. The van der Waals surface area contributed by atoms with Crippen molar-refractivity contribution in [3.8, 4) is 0 Å². The Balaban J connectivity index is 1.92. The van der Waals surface area contributed by atoms with Gasteiger partial charge in [-0.3, -0.25) is 4.79 Å². The second-order valence-corrected chi connectivity index (χ2v) is 10.7. The van der Waals surface area contributed by atoms with E-state index in [-0.39, 0.29) is 17.9 Å². The lowest BCUT2D eigenvalue weighted by Gasteiger charge is -2.18. The Bertz CT molecular complexity index is 692. The number of hydrogen-bond donors (Lipinski definition) is 3. The number of nitrogens with one attached hydrogen (secondary N) is 2. The Kier molecular flexibility index (Phi) is 6.64. The summed E-state index contributed by atoms with van der Waals surface area (Å²) < 4.78 is 28.3. The molecule has 2 rings (SSSR count). The maximum absolute atomic E-state index is 12.6. The highest BCUT2D eigenvalue weighted by molar-refractivity contribution is 7.91. The van der Waals surface area contributed by atoms with Crippen LogP contribution in [0.2, 0.25) is 0 Å². The molecule has 1 aliphatic carbocycles. The van der Waals surface area contributed by atoms with Crippen LogP contribution in [0.5, 0.6) is 0 Å². The standard InChI is InChI=1S/C17H29N3O3S2/c1-17(2,3)16(21)19-10-9-13-7-8-15(24-13)25(22,23)20-14-6-4-5-12(14)11-18/h7-8,12,14,20H,4-6,9-11,18H2,1-3H3,(H,19,21). The molecule has 0 spiro atoms. The van der Waals surface area contributed by atoms with Gasteiger partial charge in [0.2, 0.25) is 15.9 Å². The molecular formula is C17H29N3O3S2. The van der Waals surface area contributed by atoms with E-state index in [0.29, 0.717) is 23.7 Å². The number of sulfonamides is 1. The summed E-state index contributed by atoms with van der Waals surface area (Å²) in [6.45, 7) is 6.60. The van der Waals surface area contributed by atoms with Crippen LogP contribution in [0, 0.1) is 11.3 Å². The summed E-state index contributed by atoms with van der Waals surface area (Å²) in [5.74, 6) is 0.217. The molecule has 1 heterocycles. The van der Waals surface area contributed by atoms with Gasteiger partial charge in [0.15, 0.2) is 0 Å². The van der Waals surface area contributed by atoms with Crippen molar-refractivity contribution >= 4 is 27.3 Å². The molecule has 25 heavy (non-hydrogen) atoms. The summed E-state index contributed by atoms with van der Waals surface area (Å²) in [5.41, 5.74) is 5.31. The molecule has 1 aromatic heterocycles. The average Bonchev–Trinajstić information content (AvgIpc) is 3.15. The summed E-state index contributed by atoms with van der Waals surface area (Å²) in [7, 11) is -3.50. The molecule has 2 unspecified atom stereocenters. The van der Waals surface area contributed by atoms with Crippen LogP contribution in [-0.2, 0) is 21.2 Å². The fourth-order valence-corrected chi connectivity index (χ4v) is 5.64. The normalized spacial score (nSPS) is 21.4. The molecule has 8 heteroatoms. The van der Waals surface area contributed by atoms with E-state index in [0.717, 1.165) is 24.1 Å². The predicted octanol–water partition coefficient (Wildman–Crippen LogP) is 1.86. The van der Waals surface area contributed by atoms with Crippen LogP contribution in [-0.4, -0.2) is 33.5 Å². The van der Waals surface area contributed by atoms with Crippen molar-refractivity contribution in [3.05, 3.63) is 17.0 Å². The monoisotopic (exact) mass is 387 g/mol. The highest BCUT2D eigenvalue weighted by Crippen LogP contribution is 2.28. The number of thiophene rings is 1. The number of hydrogen-bond acceptors (Lipinski definition) is 5. The van der Waals surface area contributed by atoms with Crippen LogP contribution >= 0.6 is 11.3 Å². The van der Waals surface area contributed by atoms with Gasteiger partial charge in [-0.25, -0.2) is 13.1 Å². The number of amides is 1. The van der Waals surface area contributed by atoms with Gasteiger partial charge in [0.25, 0.3) is 0 Å². The van der Waals surface area contributed by atoms with Crippen LogP contribution in [0.3, 0.4) is 0 Å². The molecule has 1 saturated carbocycles. The molecule has 0 radical (unpaired) electrons. The average molecular weight is 388 g/mol. The molecule has 0 bridgehead atoms. The van der Waals surface area contributed by atoms with E-state index in [1.54, 1.807) is 6.07 Å². The minimum Gasteiger partial charge on any atom is -0.355 e. The first-order valence-electron chi connectivity index (χ1n) is 8.73. The van der Waals surface area contributed by atoms with E-state index in [1.165, 1.54) is 11.3 Å². The van der Waals surface area contributed by atoms with Crippen LogP contribution < -0.4 is 15.8 Å². The number of carbonyl (C=O) groups is 1. The molecule has 0 aromatic carbocycles. The highest BCUT2D eigenvalue weighted by Gasteiger charge is 2.31. The van der Waals surface area contributed by atoms with E-state index >= 15 is 0 Å². The van der Waals surface area contributed by atoms with Crippen LogP contribution in [0.4, 0.5) is 0 Å². The fourth-order valence-electron chi connectivity index (χ4n) is 2.93. The van der Waals surface area contributed by atoms with E-state index < -0.39 is 15.4 Å². The molecule has 1 amide bonds. The lowest BCUT2D eigenvalue weighted by atomic mass is 9.96. The highest BCUT2D eigenvalue weighted by atomic mass is 32.2. The second-order valence-electron chi connectivity index (χ2n) is 7.63. The first-order chi connectivity index (χ1) is 11.6. The van der Waals surface area contributed by atoms with Gasteiger partial charge in [-0.1, -0.05) is 27.2 Å². The summed E-state index contributed by atoms with van der Waals surface area (Å²) in [6.07, 6.45) is 3.46. The zero-order valence-electron chi connectivity index (χ0n) is 15.2. The molecule has 1 aliphatic rings. The van der Waals surface area contributed by atoms with Crippen molar-refractivity contribution in [2.45, 2.75) is 56.7 Å². The van der Waals surface area contributed by atoms with Gasteiger partial charge < -0.3 is 11.1 Å². The Morgan fingerprint density at radius 1 is 1.32 bits per heavy atom. The molecule has 1 fully saturated rings. The zero-order chi connectivity index (χ0) is 18.7. The Morgan fingerprint density at radius 3 is 2.68 bits per heavy atom. The van der Waals surface area contributed by atoms with Crippen molar-refractivity contribution in [1.29, 1.82) is 0 Å². The quantitative estimate of drug-likeness (QED) is 0.664. The molecule has 2 atom stereocenters. The minimum atomic E-state index is -3.50. The Hall–Kier alpha value is -0.960. The SMILES string of the molecule is CC(C)(C)C(=O)NCCc1ccc(S(=O)(=O)NC2CCCC2CN)s1. The van der Waals surface area contributed by atoms with Crippen molar-refractivity contribution in [3.63, 3.8) is 0 Å². The number of carbonyl (C=O) groups excluding carboxylic acids is 1. The van der Waals surface area contributed by atoms with Gasteiger partial charge in [-0.15, -0.1) is 11.3 Å². The van der Waals surface area contributed by atoms with Crippen LogP contribution in [0.25, 0.3) is 0 Å². The Morgan fingerprint density at radius 2 is 2.04 bits per heavy atom. The van der Waals surface area contributed by atoms with Crippen molar-refractivity contribution in [2.75, 3.05) is 13.1 Å². The molecule has 6 nitrogen and oxygen atoms in total. The zero-order valence-corrected chi connectivity index (χ0v) is 16.8. The predicted molar refractivity (Wildman–Crippen MR) is 101 cm³/mol. The molecule has 142 valence electrons. The van der Waals surface area contributed by atoms with Gasteiger partial charge in [0, 0.05) is 22.9 Å². The van der Waals surface area contributed by atoms with Gasteiger partial charge >= 0.3 is 0 Å². The van der Waals surface area contributed by atoms with Crippen molar-refractivity contribution in [2.24, 2.45) is 17.1 Å². The third-order valence-corrected chi connectivity index (χ3v) is 7.64. The summed E-state index contributed by atoms with van der Waals surface area (Å²) >= 11 is 1.26. The maximum Gasteiger partial charge on any atom is 0.250 e. The van der Waals surface area contributed by atoms with Gasteiger partial charge in [0.1, 0.15) is 4.21 Å². The van der Waals surface area contributed by atoms with Gasteiger partial charge in [-0.05, 0) is 43.9 Å². The van der Waals surface area contributed by atoms with Gasteiger partial charge in [0.05, 0.1) is 0 Å². The minimum absolute atomic E-state index is 0.00683. The smallest absolute Gasteiger partial charge is 0.250 e. The maximum atomic E-state index is 12.6. The molecule has 0 saturated heterocycles. The molecule has 0 aliphatic heterocycles. The van der Waals surface area contributed by atoms with Gasteiger partial charge in [-0.2, -0.15) is 0 Å². The van der Waals surface area contributed by atoms with Crippen LogP contribution in [0.1, 0.15) is 44.9 Å². The van der Waals surface area contributed by atoms with E-state index in [2.05, 4.69) is 10.0 Å². The third-order valence-electron chi connectivity index (χ3n) is 4.51. The molecular weight excluding hydrogens is 358 g/mol. The summed E-state index contributed by atoms with van der Waals surface area (Å²) in [4.78, 5) is 12.8. The topological polar surface area (TPSA) is 101 Å². The first kappa shape index (κ1) is 20.4. The van der Waals surface area contributed by atoms with Crippen LogP contribution in [0.15, 0.2) is 16.3 Å². The Labute approximate surface area is 154 Å². The number of nitrogens with two attached hydrogens (primary N) is 1. The van der Waals surface area contributed by atoms with Crippen molar-refractivity contribution in [1.82, 2.24) is 10.0 Å².